The van der Waals surface area contributed by atoms with E-state index < -0.39 is 0 Å². The molecular formula is C12H16Cl2O. The van der Waals surface area contributed by atoms with Crippen molar-refractivity contribution in [2.75, 3.05) is 0 Å². The van der Waals surface area contributed by atoms with Crippen molar-refractivity contribution in [2.24, 2.45) is 0 Å². The minimum absolute atomic E-state index is 0.221. The van der Waals surface area contributed by atoms with E-state index in [1.54, 1.807) is 0 Å². The van der Waals surface area contributed by atoms with E-state index in [4.69, 9.17) is 27.9 Å². The first-order valence-electron chi connectivity index (χ1n) is 5.18. The Bertz CT molecular complexity index is 312. The first-order chi connectivity index (χ1) is 7.17. The number of hydrogen-bond donors (Lipinski definition) is 0. The zero-order chi connectivity index (χ0) is 11.3. The Labute approximate surface area is 101 Å². The summed E-state index contributed by atoms with van der Waals surface area (Å²) >= 11 is 11.7. The van der Waals surface area contributed by atoms with E-state index in [2.05, 4.69) is 13.8 Å². The molecule has 0 aromatic heterocycles. The van der Waals surface area contributed by atoms with Crippen LogP contribution in [-0.2, 0) is 5.88 Å². The van der Waals surface area contributed by atoms with Gasteiger partial charge < -0.3 is 4.74 Å². The molecule has 1 aromatic rings. The predicted molar refractivity (Wildman–Crippen MR) is 66.0 cm³/mol. The lowest BCUT2D eigenvalue weighted by Gasteiger charge is -2.16. The highest BCUT2D eigenvalue weighted by molar-refractivity contribution is 6.30. The standard InChI is InChI=1S/C12H16Cl2O/c1-3-4-9(2)15-12-6-5-11(14)7-10(12)8-13/h5-7,9H,3-4,8H2,1-2H3. The topological polar surface area (TPSA) is 9.23 Å². The smallest absolute Gasteiger partial charge is 0.124 e. The zero-order valence-corrected chi connectivity index (χ0v) is 10.6. The molecule has 0 aliphatic carbocycles. The number of alkyl halides is 1. The van der Waals surface area contributed by atoms with Gasteiger partial charge in [-0.25, -0.2) is 0 Å². The largest absolute Gasteiger partial charge is 0.490 e. The summed E-state index contributed by atoms with van der Waals surface area (Å²) in [5.74, 6) is 1.27. The zero-order valence-electron chi connectivity index (χ0n) is 9.09. The molecule has 1 unspecified atom stereocenters. The molecule has 0 radical (unpaired) electrons. The summed E-state index contributed by atoms with van der Waals surface area (Å²) < 4.78 is 5.79. The second-order valence-corrected chi connectivity index (χ2v) is 4.31. The lowest BCUT2D eigenvalue weighted by molar-refractivity contribution is 0.208. The monoisotopic (exact) mass is 246 g/mol. The number of halogens is 2. The Kier molecular flexibility index (Phi) is 5.27. The molecule has 0 heterocycles. The Morgan fingerprint density at radius 3 is 2.73 bits per heavy atom. The van der Waals surface area contributed by atoms with Gasteiger partial charge in [-0.15, -0.1) is 11.6 Å². The molecule has 0 amide bonds. The van der Waals surface area contributed by atoms with Crippen LogP contribution in [0.4, 0.5) is 0 Å². The molecule has 84 valence electrons. The Balaban J connectivity index is 2.75. The normalized spacial score (nSPS) is 12.5. The molecule has 0 fully saturated rings. The van der Waals surface area contributed by atoms with E-state index in [9.17, 15) is 0 Å². The van der Waals surface area contributed by atoms with Gasteiger partial charge in [-0.3, -0.25) is 0 Å². The maximum atomic E-state index is 5.88. The lowest BCUT2D eigenvalue weighted by Crippen LogP contribution is -2.11. The third kappa shape index (κ3) is 3.92. The number of hydrogen-bond acceptors (Lipinski definition) is 1. The molecule has 0 saturated carbocycles. The van der Waals surface area contributed by atoms with Crippen LogP contribution >= 0.6 is 23.2 Å². The molecular weight excluding hydrogens is 231 g/mol. The van der Waals surface area contributed by atoms with Crippen molar-refractivity contribution in [1.82, 2.24) is 0 Å². The highest BCUT2D eigenvalue weighted by Gasteiger charge is 2.07. The Morgan fingerprint density at radius 2 is 2.13 bits per heavy atom. The van der Waals surface area contributed by atoms with Gasteiger partial charge in [0.05, 0.1) is 12.0 Å². The fraction of sp³-hybridized carbons (Fsp3) is 0.500. The van der Waals surface area contributed by atoms with E-state index in [-0.39, 0.29) is 6.10 Å². The average Bonchev–Trinajstić information content (AvgIpc) is 2.21. The second kappa shape index (κ2) is 6.24. The Morgan fingerprint density at radius 1 is 1.40 bits per heavy atom. The van der Waals surface area contributed by atoms with Crippen LogP contribution in [0.3, 0.4) is 0 Å². The molecule has 0 aliphatic heterocycles. The van der Waals surface area contributed by atoms with Gasteiger partial charge in [0.1, 0.15) is 5.75 Å². The molecule has 1 atom stereocenters. The summed E-state index contributed by atoms with van der Waals surface area (Å²) in [5.41, 5.74) is 0.951. The second-order valence-electron chi connectivity index (χ2n) is 3.60. The maximum Gasteiger partial charge on any atom is 0.124 e. The fourth-order valence-corrected chi connectivity index (χ4v) is 1.85. The summed E-state index contributed by atoms with van der Waals surface area (Å²) in [4.78, 5) is 0. The molecule has 1 aromatic carbocycles. The summed E-state index contributed by atoms with van der Waals surface area (Å²) in [7, 11) is 0. The Hall–Kier alpha value is -0.400. The van der Waals surface area contributed by atoms with Crippen molar-refractivity contribution in [1.29, 1.82) is 0 Å². The third-order valence-corrected chi connectivity index (χ3v) is 2.71. The molecule has 0 spiro atoms. The maximum absolute atomic E-state index is 5.88. The highest BCUT2D eigenvalue weighted by atomic mass is 35.5. The van der Waals surface area contributed by atoms with Crippen LogP contribution < -0.4 is 4.74 Å². The molecule has 0 N–H and O–H groups in total. The van der Waals surface area contributed by atoms with E-state index >= 15 is 0 Å². The van der Waals surface area contributed by atoms with Gasteiger partial charge in [-0.05, 0) is 31.5 Å². The van der Waals surface area contributed by atoms with Crippen molar-refractivity contribution in [2.45, 2.75) is 38.7 Å². The third-order valence-electron chi connectivity index (χ3n) is 2.19. The van der Waals surface area contributed by atoms with Crippen LogP contribution in [0.15, 0.2) is 18.2 Å². The first kappa shape index (κ1) is 12.7. The summed E-state index contributed by atoms with van der Waals surface area (Å²) in [6, 6.07) is 5.56. The van der Waals surface area contributed by atoms with Gasteiger partial charge in [0, 0.05) is 10.6 Å². The van der Waals surface area contributed by atoms with Crippen molar-refractivity contribution in [3.05, 3.63) is 28.8 Å². The molecule has 15 heavy (non-hydrogen) atoms. The first-order valence-corrected chi connectivity index (χ1v) is 6.09. The molecule has 1 rings (SSSR count). The predicted octanol–water partition coefficient (Wildman–Crippen LogP) is 4.65. The molecule has 0 bridgehead atoms. The SMILES string of the molecule is CCCC(C)Oc1ccc(Cl)cc1CCl. The van der Waals surface area contributed by atoms with Crippen molar-refractivity contribution in [3.63, 3.8) is 0 Å². The quantitative estimate of drug-likeness (QED) is 0.688. The van der Waals surface area contributed by atoms with E-state index in [0.29, 0.717) is 10.9 Å². The van der Waals surface area contributed by atoms with Crippen LogP contribution in [0.2, 0.25) is 5.02 Å². The molecule has 0 saturated heterocycles. The minimum atomic E-state index is 0.221. The van der Waals surface area contributed by atoms with E-state index in [1.165, 1.54) is 0 Å². The summed E-state index contributed by atoms with van der Waals surface area (Å²) in [6.07, 6.45) is 2.38. The molecule has 0 aliphatic rings. The summed E-state index contributed by atoms with van der Waals surface area (Å²) in [6.45, 7) is 4.21. The number of benzene rings is 1. The molecule has 1 nitrogen and oxygen atoms in total. The van der Waals surface area contributed by atoms with Crippen molar-refractivity contribution >= 4 is 23.2 Å². The molecule has 3 heteroatoms. The van der Waals surface area contributed by atoms with Gasteiger partial charge in [0.2, 0.25) is 0 Å². The van der Waals surface area contributed by atoms with Crippen LogP contribution in [0.1, 0.15) is 32.3 Å². The van der Waals surface area contributed by atoms with Crippen LogP contribution in [0.5, 0.6) is 5.75 Å². The van der Waals surface area contributed by atoms with Crippen LogP contribution in [0.25, 0.3) is 0 Å². The fourth-order valence-electron chi connectivity index (χ4n) is 1.45. The van der Waals surface area contributed by atoms with E-state index in [1.807, 2.05) is 18.2 Å². The van der Waals surface area contributed by atoms with Crippen molar-refractivity contribution in [3.8, 4) is 5.75 Å². The van der Waals surface area contributed by atoms with Crippen LogP contribution in [0, 0.1) is 0 Å². The van der Waals surface area contributed by atoms with Gasteiger partial charge in [-0.1, -0.05) is 24.9 Å². The average molecular weight is 247 g/mol. The number of rotatable bonds is 5. The van der Waals surface area contributed by atoms with Gasteiger partial charge >= 0.3 is 0 Å². The lowest BCUT2D eigenvalue weighted by atomic mass is 10.2. The van der Waals surface area contributed by atoms with Gasteiger partial charge in [0.15, 0.2) is 0 Å². The van der Waals surface area contributed by atoms with Crippen LogP contribution in [-0.4, -0.2) is 6.10 Å². The van der Waals surface area contributed by atoms with E-state index in [0.717, 1.165) is 24.2 Å². The minimum Gasteiger partial charge on any atom is -0.490 e. The van der Waals surface area contributed by atoms with Gasteiger partial charge in [-0.2, -0.15) is 0 Å². The van der Waals surface area contributed by atoms with Gasteiger partial charge in [0.25, 0.3) is 0 Å². The highest BCUT2D eigenvalue weighted by Crippen LogP contribution is 2.25. The number of ether oxygens (including phenoxy) is 1. The van der Waals surface area contributed by atoms with Crippen molar-refractivity contribution < 1.29 is 4.74 Å². The summed E-state index contributed by atoms with van der Waals surface area (Å²) in [5, 5.41) is 0.696.